The minimum Gasteiger partial charge on any atom is -0.457 e. The second-order valence-electron chi connectivity index (χ2n) is 7.87. The van der Waals surface area contributed by atoms with E-state index in [4.69, 9.17) is 4.74 Å². The molecule has 0 atom stereocenters. The smallest absolute Gasteiger partial charge is 0.269 e. The van der Waals surface area contributed by atoms with Gasteiger partial charge in [0, 0.05) is 23.4 Å². The molecule has 4 aromatic rings. The zero-order valence-electron chi connectivity index (χ0n) is 18.6. The van der Waals surface area contributed by atoms with Crippen LogP contribution in [0.25, 0.3) is 0 Å². The van der Waals surface area contributed by atoms with Crippen LogP contribution in [0.1, 0.15) is 31.1 Å². The number of carbonyl (C=O) groups is 3. The molecule has 5 rings (SSSR count). The highest BCUT2D eigenvalue weighted by Crippen LogP contribution is 2.32. The summed E-state index contributed by atoms with van der Waals surface area (Å²) in [4.78, 5) is 49.9. The van der Waals surface area contributed by atoms with E-state index in [2.05, 4.69) is 5.32 Å². The monoisotopic (exact) mass is 479 g/mol. The van der Waals surface area contributed by atoms with Gasteiger partial charge in [-0.1, -0.05) is 18.2 Å². The molecule has 9 nitrogen and oxygen atoms in total. The van der Waals surface area contributed by atoms with Crippen molar-refractivity contribution in [2.75, 3.05) is 10.2 Å². The molecule has 176 valence electrons. The van der Waals surface area contributed by atoms with Crippen molar-refractivity contribution in [3.8, 4) is 11.5 Å². The number of para-hydroxylation sites is 1. The lowest BCUT2D eigenvalue weighted by molar-refractivity contribution is -0.384. The number of hydrogen-bond acceptors (Lipinski definition) is 6. The quantitative estimate of drug-likeness (QED) is 0.223. The van der Waals surface area contributed by atoms with Crippen LogP contribution in [0.15, 0.2) is 97.1 Å². The van der Waals surface area contributed by atoms with Gasteiger partial charge in [0.15, 0.2) is 0 Å². The molecule has 0 saturated carbocycles. The number of rotatable bonds is 6. The van der Waals surface area contributed by atoms with E-state index in [0.29, 0.717) is 22.9 Å². The van der Waals surface area contributed by atoms with Crippen molar-refractivity contribution in [3.63, 3.8) is 0 Å². The fourth-order valence-electron chi connectivity index (χ4n) is 3.78. The van der Waals surface area contributed by atoms with Crippen molar-refractivity contribution >= 4 is 34.8 Å². The zero-order valence-corrected chi connectivity index (χ0v) is 18.6. The molecule has 0 radical (unpaired) electrons. The summed E-state index contributed by atoms with van der Waals surface area (Å²) in [6.07, 6.45) is 0. The maximum absolute atomic E-state index is 13.1. The van der Waals surface area contributed by atoms with Crippen molar-refractivity contribution in [2.45, 2.75) is 0 Å². The number of hydrogen-bond donors (Lipinski definition) is 1. The van der Waals surface area contributed by atoms with Crippen LogP contribution in [-0.4, -0.2) is 22.6 Å². The summed E-state index contributed by atoms with van der Waals surface area (Å²) in [6, 6.07) is 25.4. The summed E-state index contributed by atoms with van der Waals surface area (Å²) in [6.45, 7) is 0. The van der Waals surface area contributed by atoms with Crippen LogP contribution in [0, 0.1) is 10.1 Å². The second-order valence-corrected chi connectivity index (χ2v) is 7.87. The van der Waals surface area contributed by atoms with Crippen LogP contribution in [0.2, 0.25) is 0 Å². The molecule has 1 aliphatic rings. The summed E-state index contributed by atoms with van der Waals surface area (Å²) in [5.41, 5.74) is 1.16. The third-order valence-corrected chi connectivity index (χ3v) is 5.56. The first-order valence-corrected chi connectivity index (χ1v) is 10.8. The zero-order chi connectivity index (χ0) is 25.2. The molecule has 1 aliphatic heterocycles. The largest absolute Gasteiger partial charge is 0.457 e. The van der Waals surface area contributed by atoms with Crippen LogP contribution in [-0.2, 0) is 0 Å². The maximum atomic E-state index is 13.1. The van der Waals surface area contributed by atoms with E-state index in [9.17, 15) is 24.5 Å². The van der Waals surface area contributed by atoms with Crippen molar-refractivity contribution < 1.29 is 24.0 Å². The Bertz CT molecular complexity index is 1500. The van der Waals surface area contributed by atoms with Gasteiger partial charge in [0.2, 0.25) is 0 Å². The van der Waals surface area contributed by atoms with E-state index < -0.39 is 22.6 Å². The van der Waals surface area contributed by atoms with Gasteiger partial charge in [-0.25, -0.2) is 4.90 Å². The number of nitrogens with one attached hydrogen (secondary N) is 1. The van der Waals surface area contributed by atoms with E-state index in [1.54, 1.807) is 24.3 Å². The molecule has 0 aromatic heterocycles. The molecule has 1 N–H and O–H groups in total. The minimum atomic E-state index is -0.555. The third-order valence-electron chi connectivity index (χ3n) is 5.56. The van der Waals surface area contributed by atoms with Crippen molar-refractivity contribution in [3.05, 3.63) is 124 Å². The SMILES string of the molecule is O=C(Nc1ccc2c(c1)C(=O)N(c1ccc(Oc3ccccc3)cc1)C2=O)c1ccc([N+](=O)[O-])cc1. The minimum absolute atomic E-state index is 0.132. The van der Waals surface area contributed by atoms with Crippen LogP contribution < -0.4 is 15.0 Å². The third kappa shape index (κ3) is 4.28. The molecule has 36 heavy (non-hydrogen) atoms. The van der Waals surface area contributed by atoms with Gasteiger partial charge < -0.3 is 10.1 Å². The average molecular weight is 479 g/mol. The van der Waals surface area contributed by atoms with Gasteiger partial charge in [0.1, 0.15) is 11.5 Å². The molecule has 1 heterocycles. The molecule has 0 saturated heterocycles. The van der Waals surface area contributed by atoms with E-state index in [-0.39, 0.29) is 22.4 Å². The van der Waals surface area contributed by atoms with Crippen molar-refractivity contribution in [2.24, 2.45) is 0 Å². The predicted molar refractivity (Wildman–Crippen MR) is 132 cm³/mol. The Morgan fingerprint density at radius 2 is 1.42 bits per heavy atom. The predicted octanol–water partition coefficient (Wildman–Crippen LogP) is 5.44. The molecule has 0 bridgehead atoms. The summed E-state index contributed by atoms with van der Waals surface area (Å²) in [5, 5.41) is 13.4. The van der Waals surface area contributed by atoms with Crippen LogP contribution in [0.3, 0.4) is 0 Å². The normalized spacial score (nSPS) is 12.3. The van der Waals surface area contributed by atoms with Gasteiger partial charge in [0.25, 0.3) is 23.4 Å². The van der Waals surface area contributed by atoms with Gasteiger partial charge in [-0.15, -0.1) is 0 Å². The van der Waals surface area contributed by atoms with E-state index in [1.807, 2.05) is 30.3 Å². The van der Waals surface area contributed by atoms with Crippen molar-refractivity contribution in [1.82, 2.24) is 0 Å². The average Bonchev–Trinajstić information content (AvgIpc) is 3.14. The molecule has 3 amide bonds. The number of nitro benzene ring substituents is 1. The van der Waals surface area contributed by atoms with Gasteiger partial charge in [-0.3, -0.25) is 24.5 Å². The number of nitrogens with zero attached hydrogens (tertiary/aromatic N) is 2. The van der Waals surface area contributed by atoms with E-state index in [0.717, 1.165) is 4.90 Å². The number of fused-ring (bicyclic) bond motifs is 1. The highest BCUT2D eigenvalue weighted by atomic mass is 16.6. The first-order valence-electron chi connectivity index (χ1n) is 10.8. The Kier molecular flexibility index (Phi) is 5.71. The van der Waals surface area contributed by atoms with Gasteiger partial charge >= 0.3 is 0 Å². The maximum Gasteiger partial charge on any atom is 0.269 e. The Labute approximate surface area is 204 Å². The van der Waals surface area contributed by atoms with Crippen LogP contribution in [0.5, 0.6) is 11.5 Å². The van der Waals surface area contributed by atoms with E-state index in [1.165, 1.54) is 42.5 Å². The highest BCUT2D eigenvalue weighted by Gasteiger charge is 2.37. The van der Waals surface area contributed by atoms with Crippen LogP contribution in [0.4, 0.5) is 17.1 Å². The molecule has 0 fully saturated rings. The van der Waals surface area contributed by atoms with Gasteiger partial charge in [-0.2, -0.15) is 0 Å². The molecule has 4 aromatic carbocycles. The number of non-ortho nitro benzene ring substituents is 1. The topological polar surface area (TPSA) is 119 Å². The van der Waals surface area contributed by atoms with Crippen molar-refractivity contribution in [1.29, 1.82) is 0 Å². The standard InChI is InChI=1S/C27H17N3O6/c31-25(17-6-9-20(10-7-17)30(34)35)28-18-8-15-23-24(16-18)27(33)29(26(23)32)19-11-13-22(14-12-19)36-21-4-2-1-3-5-21/h1-16H,(H,28,31). The molecule has 0 spiro atoms. The Morgan fingerprint density at radius 1 is 0.778 bits per heavy atom. The fraction of sp³-hybridized carbons (Fsp3) is 0. The number of nitro groups is 1. The summed E-state index contributed by atoms with van der Waals surface area (Å²) < 4.78 is 5.76. The number of imide groups is 1. The summed E-state index contributed by atoms with van der Waals surface area (Å²) >= 11 is 0. The Balaban J connectivity index is 1.32. The number of anilines is 2. The summed E-state index contributed by atoms with van der Waals surface area (Å²) in [5.74, 6) is -0.280. The lowest BCUT2D eigenvalue weighted by atomic mass is 10.1. The molecule has 9 heteroatoms. The molecule has 0 aliphatic carbocycles. The first-order chi connectivity index (χ1) is 17.4. The first kappa shape index (κ1) is 22.5. The Hall–Kier alpha value is -5.31. The van der Waals surface area contributed by atoms with Gasteiger partial charge in [-0.05, 0) is 66.7 Å². The van der Waals surface area contributed by atoms with Gasteiger partial charge in [0.05, 0.1) is 21.7 Å². The number of benzene rings is 4. The lowest BCUT2D eigenvalue weighted by Crippen LogP contribution is -2.29. The van der Waals surface area contributed by atoms with E-state index >= 15 is 0 Å². The molecule has 0 unspecified atom stereocenters. The fourth-order valence-corrected chi connectivity index (χ4v) is 3.78. The molecular formula is C27H17N3O6. The lowest BCUT2D eigenvalue weighted by Gasteiger charge is -2.14. The second kappa shape index (κ2) is 9.15. The Morgan fingerprint density at radius 3 is 2.08 bits per heavy atom. The highest BCUT2D eigenvalue weighted by molar-refractivity contribution is 6.34. The number of carbonyl (C=O) groups excluding carboxylic acids is 3. The number of ether oxygens (including phenoxy) is 1. The van der Waals surface area contributed by atoms with Crippen LogP contribution >= 0.6 is 0 Å². The number of amides is 3. The molecular weight excluding hydrogens is 462 g/mol. The summed E-state index contributed by atoms with van der Waals surface area (Å²) in [7, 11) is 0.